The van der Waals surface area contributed by atoms with Gasteiger partial charge in [0.1, 0.15) is 5.15 Å². The third-order valence-electron chi connectivity index (χ3n) is 3.67. The topological polar surface area (TPSA) is 25.8 Å². The third kappa shape index (κ3) is 2.68. The second kappa shape index (κ2) is 5.39. The number of hydrogen-bond acceptors (Lipinski definition) is 2. The zero-order valence-electron chi connectivity index (χ0n) is 12.0. The number of benzene rings is 2. The summed E-state index contributed by atoms with van der Waals surface area (Å²) in [5.41, 5.74) is 5.44. The minimum absolute atomic E-state index is 0.484. The van der Waals surface area contributed by atoms with E-state index >= 15 is 0 Å². The van der Waals surface area contributed by atoms with Gasteiger partial charge in [-0.2, -0.15) is 0 Å². The number of hydrogen-bond donors (Lipinski definition) is 0. The molecule has 0 radical (unpaired) electrons. The SMILES string of the molecule is Cc1ccc(-c2nc(Cl)c3cc(Br)cc(C)c3n2)cc1C. The van der Waals surface area contributed by atoms with Gasteiger partial charge in [0.15, 0.2) is 5.82 Å². The first kappa shape index (κ1) is 14.5. The van der Waals surface area contributed by atoms with Crippen LogP contribution in [0.2, 0.25) is 5.15 Å². The molecule has 0 fully saturated rings. The van der Waals surface area contributed by atoms with Crippen molar-refractivity contribution in [2.75, 3.05) is 0 Å². The van der Waals surface area contributed by atoms with E-state index in [9.17, 15) is 0 Å². The first-order chi connectivity index (χ1) is 9.95. The van der Waals surface area contributed by atoms with Gasteiger partial charge in [0.25, 0.3) is 0 Å². The van der Waals surface area contributed by atoms with Gasteiger partial charge < -0.3 is 0 Å². The number of fused-ring (bicyclic) bond motifs is 1. The van der Waals surface area contributed by atoms with Gasteiger partial charge in [-0.25, -0.2) is 9.97 Å². The Morgan fingerprint density at radius 3 is 2.38 bits per heavy atom. The Morgan fingerprint density at radius 1 is 0.905 bits per heavy atom. The van der Waals surface area contributed by atoms with Crippen molar-refractivity contribution in [3.05, 3.63) is 56.6 Å². The molecule has 106 valence electrons. The van der Waals surface area contributed by atoms with Crippen LogP contribution in [0.25, 0.3) is 22.3 Å². The molecule has 21 heavy (non-hydrogen) atoms. The second-order valence-electron chi connectivity index (χ2n) is 5.26. The molecule has 0 saturated carbocycles. The smallest absolute Gasteiger partial charge is 0.161 e. The van der Waals surface area contributed by atoms with Crippen LogP contribution in [0, 0.1) is 20.8 Å². The predicted molar refractivity (Wildman–Crippen MR) is 91.9 cm³/mol. The predicted octanol–water partition coefficient (Wildman–Crippen LogP) is 5.64. The Balaban J connectivity index is 2.27. The van der Waals surface area contributed by atoms with Gasteiger partial charge in [-0.1, -0.05) is 39.7 Å². The molecule has 1 aromatic heterocycles. The van der Waals surface area contributed by atoms with Crippen LogP contribution >= 0.6 is 27.5 Å². The number of nitrogens with zero attached hydrogens (tertiary/aromatic N) is 2. The minimum Gasteiger partial charge on any atom is -0.228 e. The summed E-state index contributed by atoms with van der Waals surface area (Å²) in [7, 11) is 0. The van der Waals surface area contributed by atoms with E-state index in [1.807, 2.05) is 25.1 Å². The molecular weight excluding hydrogens is 348 g/mol. The van der Waals surface area contributed by atoms with Crippen molar-refractivity contribution in [1.82, 2.24) is 9.97 Å². The van der Waals surface area contributed by atoms with Crippen molar-refractivity contribution in [3.8, 4) is 11.4 Å². The lowest BCUT2D eigenvalue weighted by Crippen LogP contribution is -1.95. The summed E-state index contributed by atoms with van der Waals surface area (Å²) < 4.78 is 0.983. The molecule has 0 unspecified atom stereocenters. The molecule has 3 aromatic rings. The van der Waals surface area contributed by atoms with Crippen molar-refractivity contribution in [3.63, 3.8) is 0 Å². The quantitative estimate of drug-likeness (QED) is 0.524. The summed E-state index contributed by atoms with van der Waals surface area (Å²) in [6.07, 6.45) is 0. The van der Waals surface area contributed by atoms with Crippen molar-refractivity contribution in [2.45, 2.75) is 20.8 Å². The van der Waals surface area contributed by atoms with Crippen LogP contribution in [-0.4, -0.2) is 9.97 Å². The molecule has 0 spiro atoms. The van der Waals surface area contributed by atoms with Crippen molar-refractivity contribution < 1.29 is 0 Å². The van der Waals surface area contributed by atoms with E-state index < -0.39 is 0 Å². The van der Waals surface area contributed by atoms with E-state index in [1.165, 1.54) is 11.1 Å². The summed E-state index contributed by atoms with van der Waals surface area (Å²) in [4.78, 5) is 9.16. The van der Waals surface area contributed by atoms with E-state index in [0.717, 1.165) is 26.5 Å². The lowest BCUT2D eigenvalue weighted by Gasteiger charge is -2.09. The van der Waals surface area contributed by atoms with Crippen molar-refractivity contribution >= 4 is 38.4 Å². The van der Waals surface area contributed by atoms with E-state index in [2.05, 4.69) is 46.9 Å². The van der Waals surface area contributed by atoms with E-state index in [4.69, 9.17) is 16.6 Å². The highest BCUT2D eigenvalue weighted by Crippen LogP contribution is 2.30. The second-order valence-corrected chi connectivity index (χ2v) is 6.53. The van der Waals surface area contributed by atoms with Gasteiger partial charge in [0, 0.05) is 15.4 Å². The third-order valence-corrected chi connectivity index (χ3v) is 4.42. The molecule has 0 aliphatic heterocycles. The van der Waals surface area contributed by atoms with Crippen LogP contribution in [0.1, 0.15) is 16.7 Å². The highest BCUT2D eigenvalue weighted by Gasteiger charge is 2.11. The van der Waals surface area contributed by atoms with Gasteiger partial charge in [-0.05, 0) is 55.7 Å². The zero-order valence-corrected chi connectivity index (χ0v) is 14.4. The maximum Gasteiger partial charge on any atom is 0.161 e. The van der Waals surface area contributed by atoms with Crippen LogP contribution in [0.15, 0.2) is 34.8 Å². The van der Waals surface area contributed by atoms with Gasteiger partial charge in [0.05, 0.1) is 5.52 Å². The van der Waals surface area contributed by atoms with E-state index in [0.29, 0.717) is 11.0 Å². The molecular formula is C17H14BrClN2. The lowest BCUT2D eigenvalue weighted by atomic mass is 10.1. The van der Waals surface area contributed by atoms with Gasteiger partial charge in [0.2, 0.25) is 0 Å². The fourth-order valence-electron chi connectivity index (χ4n) is 2.33. The number of halogens is 2. The summed E-state index contributed by atoms with van der Waals surface area (Å²) >= 11 is 9.84. The van der Waals surface area contributed by atoms with Crippen molar-refractivity contribution in [2.24, 2.45) is 0 Å². The first-order valence-electron chi connectivity index (χ1n) is 6.67. The average molecular weight is 362 g/mol. The molecule has 0 aliphatic rings. The molecule has 0 N–H and O–H groups in total. The van der Waals surface area contributed by atoms with E-state index in [-0.39, 0.29) is 0 Å². The Morgan fingerprint density at radius 2 is 1.67 bits per heavy atom. The summed E-state index contributed by atoms with van der Waals surface area (Å²) in [5, 5.41) is 1.36. The van der Waals surface area contributed by atoms with Crippen molar-refractivity contribution in [1.29, 1.82) is 0 Å². The highest BCUT2D eigenvalue weighted by atomic mass is 79.9. The Labute approximate surface area is 137 Å². The average Bonchev–Trinajstić information content (AvgIpc) is 2.43. The first-order valence-corrected chi connectivity index (χ1v) is 7.84. The van der Waals surface area contributed by atoms with Gasteiger partial charge in [-0.3, -0.25) is 0 Å². The largest absolute Gasteiger partial charge is 0.228 e. The van der Waals surface area contributed by atoms with Gasteiger partial charge >= 0.3 is 0 Å². The van der Waals surface area contributed by atoms with Gasteiger partial charge in [-0.15, -0.1) is 0 Å². The molecule has 2 aromatic carbocycles. The van der Waals surface area contributed by atoms with E-state index in [1.54, 1.807) is 0 Å². The standard InChI is InChI=1S/C17H14BrClN2/c1-9-4-5-12(6-10(9)2)17-20-15-11(3)7-13(18)8-14(15)16(19)21-17/h4-8H,1-3H3. The fourth-order valence-corrected chi connectivity index (χ4v) is 3.13. The summed E-state index contributed by atoms with van der Waals surface area (Å²) in [6.45, 7) is 6.21. The molecule has 1 heterocycles. The number of aryl methyl sites for hydroxylation is 3. The maximum atomic E-state index is 6.36. The maximum absolute atomic E-state index is 6.36. The van der Waals surface area contributed by atoms with Crippen LogP contribution in [0.3, 0.4) is 0 Å². The lowest BCUT2D eigenvalue weighted by molar-refractivity contribution is 1.21. The molecule has 0 aliphatic carbocycles. The number of aromatic nitrogens is 2. The minimum atomic E-state index is 0.484. The summed E-state index contributed by atoms with van der Waals surface area (Å²) in [5.74, 6) is 0.668. The zero-order chi connectivity index (χ0) is 15.1. The number of rotatable bonds is 1. The Kier molecular flexibility index (Phi) is 3.72. The molecule has 3 rings (SSSR count). The monoisotopic (exact) mass is 360 g/mol. The summed E-state index contributed by atoms with van der Waals surface area (Å²) in [6, 6.07) is 10.2. The Hall–Kier alpha value is -1.45. The van der Waals surface area contributed by atoms with Crippen LogP contribution in [0.4, 0.5) is 0 Å². The van der Waals surface area contributed by atoms with Crippen LogP contribution < -0.4 is 0 Å². The van der Waals surface area contributed by atoms with Crippen LogP contribution in [0.5, 0.6) is 0 Å². The molecule has 0 bridgehead atoms. The highest BCUT2D eigenvalue weighted by molar-refractivity contribution is 9.10. The normalized spacial score (nSPS) is 11.1. The molecule has 2 nitrogen and oxygen atoms in total. The molecule has 0 atom stereocenters. The molecule has 4 heteroatoms. The fraction of sp³-hybridized carbons (Fsp3) is 0.176. The van der Waals surface area contributed by atoms with Crippen LogP contribution in [-0.2, 0) is 0 Å². The Bertz CT molecular complexity index is 859. The molecule has 0 amide bonds. The molecule has 0 saturated heterocycles.